The van der Waals surface area contributed by atoms with Crippen LogP contribution < -0.4 is 0 Å². The van der Waals surface area contributed by atoms with Gasteiger partial charge in [-0.2, -0.15) is 13.2 Å². The fourth-order valence-electron chi connectivity index (χ4n) is 3.98. The third kappa shape index (κ3) is 1.45. The molecule has 1 saturated carbocycles. The van der Waals surface area contributed by atoms with Crippen LogP contribution in [0.2, 0.25) is 0 Å². The first kappa shape index (κ1) is 14.3. The van der Waals surface area contributed by atoms with Gasteiger partial charge in [0.2, 0.25) is 5.60 Å². The molecule has 3 atom stereocenters. The predicted octanol–water partition coefficient (Wildman–Crippen LogP) is 1.86. The number of aromatic nitrogens is 1. The molecule has 0 amide bonds. The van der Waals surface area contributed by atoms with E-state index in [4.69, 9.17) is 0 Å². The molecule has 9 heteroatoms. The monoisotopic (exact) mass is 306 g/mol. The van der Waals surface area contributed by atoms with Crippen LogP contribution in [0.4, 0.5) is 18.9 Å². The van der Waals surface area contributed by atoms with E-state index in [9.17, 15) is 33.5 Å². The molecule has 0 saturated heterocycles. The van der Waals surface area contributed by atoms with E-state index in [2.05, 4.69) is 0 Å². The number of aliphatic hydroxyl groups excluding tert-OH is 1. The molecule has 116 valence electrons. The summed E-state index contributed by atoms with van der Waals surface area (Å²) in [5.74, 6) is 0. The highest BCUT2D eigenvalue weighted by atomic mass is 19.4. The largest absolute Gasteiger partial charge is 0.423 e. The highest BCUT2D eigenvalue weighted by molar-refractivity contribution is 5.42. The molecule has 1 fully saturated rings. The average Bonchev–Trinajstić information content (AvgIpc) is 3.03. The molecule has 0 radical (unpaired) electrons. The second-order valence-electron chi connectivity index (χ2n) is 5.68. The van der Waals surface area contributed by atoms with E-state index >= 15 is 0 Å². The normalized spacial score (nSPS) is 34.8. The van der Waals surface area contributed by atoms with Gasteiger partial charge in [-0.05, 0) is 12.8 Å². The molecule has 1 aliphatic carbocycles. The van der Waals surface area contributed by atoms with E-state index in [0.717, 1.165) is 16.8 Å². The molecule has 0 aromatic carbocycles. The van der Waals surface area contributed by atoms with Crippen molar-refractivity contribution in [1.82, 2.24) is 4.57 Å². The predicted molar refractivity (Wildman–Crippen MR) is 63.4 cm³/mol. The number of halogens is 3. The standard InChI is InChI=1S/C12H13F3N2O4/c13-12(14,15)11(19)9-4-7(17(20)21)5-16(9)8-2-1-3-10(8,11)6-18/h4-5,8,18-19H,1-3,6H2/t8-,10-,11+/m1/s1. The number of hydrogen-bond acceptors (Lipinski definition) is 4. The Bertz CT molecular complexity index is 614. The van der Waals surface area contributed by atoms with Crippen molar-refractivity contribution in [1.29, 1.82) is 0 Å². The van der Waals surface area contributed by atoms with Gasteiger partial charge in [0.1, 0.15) is 0 Å². The number of fused-ring (bicyclic) bond motifs is 3. The highest BCUT2D eigenvalue weighted by Crippen LogP contribution is 2.67. The Kier molecular flexibility index (Phi) is 2.72. The molecule has 1 aromatic rings. The molecule has 2 heterocycles. The lowest BCUT2D eigenvalue weighted by molar-refractivity contribution is -0.385. The van der Waals surface area contributed by atoms with Gasteiger partial charge in [0.25, 0.3) is 5.69 Å². The first-order valence-corrected chi connectivity index (χ1v) is 6.46. The zero-order valence-corrected chi connectivity index (χ0v) is 10.8. The highest BCUT2D eigenvalue weighted by Gasteiger charge is 2.75. The van der Waals surface area contributed by atoms with Crippen molar-refractivity contribution in [2.75, 3.05) is 6.61 Å². The molecule has 0 bridgehead atoms. The Morgan fingerprint density at radius 1 is 1.52 bits per heavy atom. The van der Waals surface area contributed by atoms with Gasteiger partial charge in [0, 0.05) is 12.1 Å². The minimum Gasteiger partial charge on any atom is -0.396 e. The molecule has 6 nitrogen and oxygen atoms in total. The molecular weight excluding hydrogens is 293 g/mol. The van der Waals surface area contributed by atoms with Crippen LogP contribution in [0.15, 0.2) is 12.3 Å². The van der Waals surface area contributed by atoms with Crippen molar-refractivity contribution in [3.05, 3.63) is 28.1 Å². The number of nitro groups is 1. The van der Waals surface area contributed by atoms with Crippen molar-refractivity contribution in [3.8, 4) is 0 Å². The van der Waals surface area contributed by atoms with Crippen LogP contribution in [0.25, 0.3) is 0 Å². The smallest absolute Gasteiger partial charge is 0.396 e. The number of rotatable bonds is 2. The topological polar surface area (TPSA) is 88.5 Å². The van der Waals surface area contributed by atoms with Crippen molar-refractivity contribution in [2.45, 2.75) is 37.1 Å². The summed E-state index contributed by atoms with van der Waals surface area (Å²) in [6.45, 7) is -0.830. The maximum Gasteiger partial charge on any atom is 0.423 e. The number of alkyl halides is 3. The zero-order valence-electron chi connectivity index (χ0n) is 10.8. The fraction of sp³-hybridized carbons (Fsp3) is 0.667. The number of hydrogen-bond donors (Lipinski definition) is 2. The summed E-state index contributed by atoms with van der Waals surface area (Å²) < 4.78 is 41.8. The van der Waals surface area contributed by atoms with Crippen LogP contribution in [0.1, 0.15) is 31.0 Å². The van der Waals surface area contributed by atoms with Crippen molar-refractivity contribution in [3.63, 3.8) is 0 Å². The number of aliphatic hydroxyl groups is 2. The lowest BCUT2D eigenvalue weighted by atomic mass is 9.69. The lowest BCUT2D eigenvalue weighted by Crippen LogP contribution is -2.55. The number of nitrogens with zero attached hydrogens (tertiary/aromatic N) is 2. The summed E-state index contributed by atoms with van der Waals surface area (Å²) in [6.07, 6.45) is -3.26. The Balaban J connectivity index is 2.28. The van der Waals surface area contributed by atoms with Gasteiger partial charge >= 0.3 is 6.18 Å². The maximum absolute atomic E-state index is 13.6. The zero-order chi connectivity index (χ0) is 15.6. The van der Waals surface area contributed by atoms with Gasteiger partial charge in [0.05, 0.1) is 28.8 Å². The van der Waals surface area contributed by atoms with Crippen LogP contribution in [-0.2, 0) is 5.60 Å². The Morgan fingerprint density at radius 3 is 2.71 bits per heavy atom. The van der Waals surface area contributed by atoms with Gasteiger partial charge in [-0.1, -0.05) is 6.42 Å². The molecular formula is C12H13F3N2O4. The Hall–Kier alpha value is -1.61. The Morgan fingerprint density at radius 2 is 2.19 bits per heavy atom. The molecule has 2 aliphatic rings. The summed E-state index contributed by atoms with van der Waals surface area (Å²) in [5, 5.41) is 30.8. The molecule has 21 heavy (non-hydrogen) atoms. The first-order valence-electron chi connectivity index (χ1n) is 6.46. The maximum atomic E-state index is 13.6. The van der Waals surface area contributed by atoms with E-state index in [1.54, 1.807) is 0 Å². The molecule has 1 aliphatic heterocycles. The van der Waals surface area contributed by atoms with Crippen LogP contribution in [0, 0.1) is 15.5 Å². The molecule has 3 rings (SSSR count). The van der Waals surface area contributed by atoms with Crippen LogP contribution in [0.3, 0.4) is 0 Å². The van der Waals surface area contributed by atoms with E-state index in [1.807, 2.05) is 0 Å². The Labute approximate surface area is 116 Å². The molecule has 0 unspecified atom stereocenters. The van der Waals surface area contributed by atoms with E-state index in [1.165, 1.54) is 0 Å². The second-order valence-corrected chi connectivity index (χ2v) is 5.68. The quantitative estimate of drug-likeness (QED) is 0.645. The average molecular weight is 306 g/mol. The SMILES string of the molecule is O=[N+]([O-])c1cc2n(c1)[C@@H]1CCC[C@]1(CO)[C@]2(O)C(F)(F)F. The van der Waals surface area contributed by atoms with Crippen LogP contribution in [-0.4, -0.2) is 32.5 Å². The summed E-state index contributed by atoms with van der Waals surface area (Å²) >= 11 is 0. The van der Waals surface area contributed by atoms with Gasteiger partial charge in [-0.3, -0.25) is 10.1 Å². The van der Waals surface area contributed by atoms with E-state index < -0.39 is 46.1 Å². The summed E-state index contributed by atoms with van der Waals surface area (Å²) in [5.41, 5.74) is -6.09. The first-order chi connectivity index (χ1) is 9.69. The molecule has 0 spiro atoms. The molecule has 2 N–H and O–H groups in total. The minimum absolute atomic E-state index is 0.0135. The van der Waals surface area contributed by atoms with Gasteiger partial charge in [-0.25, -0.2) is 0 Å². The van der Waals surface area contributed by atoms with Crippen LogP contribution in [0.5, 0.6) is 0 Å². The summed E-state index contributed by atoms with van der Waals surface area (Å²) in [7, 11) is 0. The van der Waals surface area contributed by atoms with Crippen molar-refractivity contribution < 1.29 is 28.3 Å². The van der Waals surface area contributed by atoms with Crippen LogP contribution >= 0.6 is 0 Å². The third-order valence-corrected chi connectivity index (χ3v) is 4.90. The van der Waals surface area contributed by atoms with Gasteiger partial charge < -0.3 is 14.8 Å². The third-order valence-electron chi connectivity index (χ3n) is 4.90. The van der Waals surface area contributed by atoms with Gasteiger partial charge in [-0.15, -0.1) is 0 Å². The summed E-state index contributed by atoms with van der Waals surface area (Å²) in [6, 6.07) is -0.0405. The fourth-order valence-corrected chi connectivity index (χ4v) is 3.98. The van der Waals surface area contributed by atoms with Gasteiger partial charge in [0.15, 0.2) is 0 Å². The lowest BCUT2D eigenvalue weighted by Gasteiger charge is -2.41. The van der Waals surface area contributed by atoms with Crippen molar-refractivity contribution in [2.24, 2.45) is 5.41 Å². The van der Waals surface area contributed by atoms with Crippen molar-refractivity contribution >= 4 is 5.69 Å². The van der Waals surface area contributed by atoms with E-state index in [-0.39, 0.29) is 6.42 Å². The molecule has 1 aromatic heterocycles. The summed E-state index contributed by atoms with van der Waals surface area (Å²) in [4.78, 5) is 9.99. The minimum atomic E-state index is -5.03. The second kappa shape index (κ2) is 3.98. The van der Waals surface area contributed by atoms with E-state index in [0.29, 0.717) is 12.8 Å².